The maximum absolute atomic E-state index is 12.7. The Kier molecular flexibility index (Phi) is 7.39. The summed E-state index contributed by atoms with van der Waals surface area (Å²) in [6, 6.07) is 3.76. The quantitative estimate of drug-likeness (QED) is 0.584. The summed E-state index contributed by atoms with van der Waals surface area (Å²) in [5.41, 5.74) is 2.97. The molecule has 2 aliphatic heterocycles. The summed E-state index contributed by atoms with van der Waals surface area (Å²) in [4.78, 5) is 32.7. The smallest absolute Gasteiger partial charge is 0.219 e. The molecule has 0 radical (unpaired) electrons. The fraction of sp³-hybridized carbons (Fsp3) is 0.583. The van der Waals surface area contributed by atoms with E-state index in [0.29, 0.717) is 30.8 Å². The van der Waals surface area contributed by atoms with Gasteiger partial charge in [0, 0.05) is 89.1 Å². The summed E-state index contributed by atoms with van der Waals surface area (Å²) in [5.74, 6) is 0.811. The first-order valence-electron chi connectivity index (χ1n) is 11.8. The highest BCUT2D eigenvalue weighted by atomic mass is 16.3. The van der Waals surface area contributed by atoms with Crippen LogP contribution in [0.1, 0.15) is 54.2 Å². The number of piperidine rings is 1. The predicted molar refractivity (Wildman–Crippen MR) is 125 cm³/mol. The van der Waals surface area contributed by atoms with Gasteiger partial charge in [-0.3, -0.25) is 19.2 Å². The molecule has 2 aliphatic rings. The van der Waals surface area contributed by atoms with E-state index in [1.165, 1.54) is 5.56 Å². The van der Waals surface area contributed by atoms with Crippen LogP contribution < -0.4 is 5.32 Å². The van der Waals surface area contributed by atoms with Crippen LogP contribution >= 0.6 is 0 Å². The molecule has 2 N–H and O–H groups in total. The molecule has 33 heavy (non-hydrogen) atoms. The van der Waals surface area contributed by atoms with Gasteiger partial charge < -0.3 is 15.3 Å². The van der Waals surface area contributed by atoms with E-state index in [1.54, 1.807) is 25.3 Å². The fourth-order valence-electron chi connectivity index (χ4n) is 4.73. The molecule has 9 nitrogen and oxygen atoms in total. The number of hydrogen-bond acceptors (Lipinski definition) is 7. The van der Waals surface area contributed by atoms with Gasteiger partial charge in [0.25, 0.3) is 0 Å². The predicted octanol–water partition coefficient (Wildman–Crippen LogP) is 1.62. The molecule has 0 spiro atoms. The highest BCUT2D eigenvalue weighted by molar-refractivity contribution is 5.96. The summed E-state index contributed by atoms with van der Waals surface area (Å²) in [6.07, 6.45) is 6.50. The van der Waals surface area contributed by atoms with Crippen LogP contribution in [0, 0.1) is 0 Å². The van der Waals surface area contributed by atoms with Crippen molar-refractivity contribution in [2.24, 2.45) is 7.05 Å². The number of Topliss-reactive ketones (excluding diaryl/α,β-unsaturated/α-hetero) is 1. The number of fused-ring (bicyclic) bond motifs is 1. The summed E-state index contributed by atoms with van der Waals surface area (Å²) < 4.78 is 1.84. The second-order valence-electron chi connectivity index (χ2n) is 9.23. The lowest BCUT2D eigenvalue weighted by atomic mass is 10.0. The standard InChI is InChI=1S/C24H34N6O3/c1-17(31)30-11-6-20(7-12-30)26-24-13-18(5-9-25-24)23(33)4-3-21(32)16-29-10-8-22-19(15-29)14-28(2)27-22/h5,9,13-14,20-21,32H,3-4,6-8,10-12,15-16H2,1-2H3,(H,25,26)/t21-/m0/s1. The van der Waals surface area contributed by atoms with Crippen LogP contribution in [0.3, 0.4) is 0 Å². The van der Waals surface area contributed by atoms with Crippen LogP contribution in [0.2, 0.25) is 0 Å². The lowest BCUT2D eigenvalue weighted by molar-refractivity contribution is -0.129. The zero-order chi connectivity index (χ0) is 23.4. The van der Waals surface area contributed by atoms with Crippen molar-refractivity contribution >= 4 is 17.5 Å². The van der Waals surface area contributed by atoms with Crippen molar-refractivity contribution in [2.45, 2.75) is 57.7 Å². The molecule has 0 unspecified atom stereocenters. The molecular weight excluding hydrogens is 420 g/mol. The largest absolute Gasteiger partial charge is 0.392 e. The third kappa shape index (κ3) is 6.17. The molecule has 0 aliphatic carbocycles. The van der Waals surface area contributed by atoms with E-state index in [2.05, 4.69) is 20.3 Å². The molecule has 4 rings (SSSR count). The van der Waals surface area contributed by atoms with Gasteiger partial charge in [0.2, 0.25) is 5.91 Å². The molecule has 0 saturated carbocycles. The number of amides is 1. The maximum atomic E-state index is 12.7. The van der Waals surface area contributed by atoms with Crippen molar-refractivity contribution in [1.82, 2.24) is 24.6 Å². The Hall–Kier alpha value is -2.78. The van der Waals surface area contributed by atoms with E-state index in [1.807, 2.05) is 22.8 Å². The number of nitrogens with zero attached hydrogens (tertiary/aromatic N) is 5. The molecule has 178 valence electrons. The van der Waals surface area contributed by atoms with Crippen LogP contribution in [-0.2, 0) is 24.8 Å². The number of ketones is 1. The number of hydrogen-bond donors (Lipinski definition) is 2. The monoisotopic (exact) mass is 454 g/mol. The fourth-order valence-corrected chi connectivity index (χ4v) is 4.73. The molecule has 1 atom stereocenters. The Bertz CT molecular complexity index is 982. The minimum Gasteiger partial charge on any atom is -0.392 e. The van der Waals surface area contributed by atoms with E-state index in [-0.39, 0.29) is 17.7 Å². The molecule has 1 saturated heterocycles. The SMILES string of the molecule is CC(=O)N1CCC(Nc2cc(C(=O)CC[C@H](O)CN3CCc4nn(C)cc4C3)ccn2)CC1. The van der Waals surface area contributed by atoms with Gasteiger partial charge in [0.05, 0.1) is 11.8 Å². The van der Waals surface area contributed by atoms with Gasteiger partial charge in [0.15, 0.2) is 5.78 Å². The van der Waals surface area contributed by atoms with Gasteiger partial charge in [-0.05, 0) is 31.4 Å². The first-order chi connectivity index (χ1) is 15.9. The number of carbonyl (C=O) groups excluding carboxylic acids is 2. The highest BCUT2D eigenvalue weighted by Gasteiger charge is 2.23. The van der Waals surface area contributed by atoms with E-state index >= 15 is 0 Å². The van der Waals surface area contributed by atoms with E-state index in [0.717, 1.165) is 51.1 Å². The van der Waals surface area contributed by atoms with Crippen molar-refractivity contribution in [2.75, 3.05) is 31.5 Å². The first kappa shape index (κ1) is 23.4. The van der Waals surface area contributed by atoms with Gasteiger partial charge in [-0.1, -0.05) is 0 Å². The molecular formula is C24H34N6O3. The van der Waals surface area contributed by atoms with Crippen molar-refractivity contribution in [3.05, 3.63) is 41.3 Å². The van der Waals surface area contributed by atoms with Crippen LogP contribution in [0.5, 0.6) is 0 Å². The molecule has 1 amide bonds. The van der Waals surface area contributed by atoms with Crippen molar-refractivity contribution in [3.8, 4) is 0 Å². The number of pyridine rings is 1. The third-order valence-electron chi connectivity index (χ3n) is 6.60. The summed E-state index contributed by atoms with van der Waals surface area (Å²) in [7, 11) is 1.93. The average Bonchev–Trinajstić information content (AvgIpc) is 3.17. The Labute approximate surface area is 194 Å². The Balaban J connectivity index is 1.23. The lowest BCUT2D eigenvalue weighted by Crippen LogP contribution is -2.41. The maximum Gasteiger partial charge on any atom is 0.219 e. The number of β-amino-alcohol motifs (C(OH)–C–C–N with tert-alkyl or cyclic N) is 1. The number of carbonyl (C=O) groups is 2. The van der Waals surface area contributed by atoms with Gasteiger partial charge in [0.1, 0.15) is 5.82 Å². The summed E-state index contributed by atoms with van der Waals surface area (Å²) >= 11 is 0. The van der Waals surface area contributed by atoms with Crippen molar-refractivity contribution < 1.29 is 14.7 Å². The number of aryl methyl sites for hydroxylation is 1. The number of rotatable bonds is 8. The van der Waals surface area contributed by atoms with Crippen LogP contribution in [0.25, 0.3) is 0 Å². The first-order valence-corrected chi connectivity index (χ1v) is 11.8. The van der Waals surface area contributed by atoms with Crippen LogP contribution in [0.15, 0.2) is 24.5 Å². The number of aliphatic hydroxyl groups excluding tert-OH is 1. The molecule has 1 fully saturated rings. The van der Waals surface area contributed by atoms with Crippen molar-refractivity contribution in [3.63, 3.8) is 0 Å². The second kappa shape index (κ2) is 10.4. The van der Waals surface area contributed by atoms with E-state index < -0.39 is 6.10 Å². The number of likely N-dealkylation sites (tertiary alicyclic amines) is 1. The molecule has 0 bridgehead atoms. The van der Waals surface area contributed by atoms with Crippen LogP contribution in [0.4, 0.5) is 5.82 Å². The van der Waals surface area contributed by atoms with Gasteiger partial charge in [-0.2, -0.15) is 5.10 Å². The number of aliphatic hydroxyl groups is 1. The summed E-state index contributed by atoms with van der Waals surface area (Å²) in [6.45, 7) is 5.30. The minimum atomic E-state index is -0.543. The molecule has 0 aromatic carbocycles. The second-order valence-corrected chi connectivity index (χ2v) is 9.23. The number of anilines is 1. The van der Waals surface area contributed by atoms with Gasteiger partial charge >= 0.3 is 0 Å². The van der Waals surface area contributed by atoms with Gasteiger partial charge in [-0.15, -0.1) is 0 Å². The zero-order valence-corrected chi connectivity index (χ0v) is 19.5. The topological polar surface area (TPSA) is 104 Å². The Morgan fingerprint density at radius 1 is 1.27 bits per heavy atom. The molecule has 4 heterocycles. The van der Waals surface area contributed by atoms with E-state index in [9.17, 15) is 14.7 Å². The molecule has 2 aromatic heterocycles. The van der Waals surface area contributed by atoms with Crippen LogP contribution in [-0.4, -0.2) is 79.7 Å². The summed E-state index contributed by atoms with van der Waals surface area (Å²) in [5, 5.41) is 18.4. The third-order valence-corrected chi connectivity index (χ3v) is 6.60. The Morgan fingerprint density at radius 2 is 2.06 bits per heavy atom. The minimum absolute atomic E-state index is 0.0130. The number of aromatic nitrogens is 3. The molecule has 9 heteroatoms. The molecule has 2 aromatic rings. The highest BCUT2D eigenvalue weighted by Crippen LogP contribution is 2.19. The number of nitrogens with one attached hydrogen (secondary N) is 1. The Morgan fingerprint density at radius 3 is 2.82 bits per heavy atom. The lowest BCUT2D eigenvalue weighted by Gasteiger charge is -2.32. The van der Waals surface area contributed by atoms with Crippen molar-refractivity contribution in [1.29, 1.82) is 0 Å². The zero-order valence-electron chi connectivity index (χ0n) is 19.5. The van der Waals surface area contributed by atoms with Gasteiger partial charge in [-0.25, -0.2) is 4.98 Å². The average molecular weight is 455 g/mol. The normalized spacial score (nSPS) is 18.1. The van der Waals surface area contributed by atoms with E-state index in [4.69, 9.17) is 0 Å².